The van der Waals surface area contributed by atoms with E-state index in [9.17, 15) is 9.18 Å². The normalized spacial score (nSPS) is 18.4. The van der Waals surface area contributed by atoms with Gasteiger partial charge in [-0.2, -0.15) is 0 Å². The van der Waals surface area contributed by atoms with Crippen LogP contribution in [0.25, 0.3) is 0 Å². The lowest BCUT2D eigenvalue weighted by molar-refractivity contribution is -0.145. The second-order valence-electron chi connectivity index (χ2n) is 4.79. The predicted octanol–water partition coefficient (Wildman–Crippen LogP) is 2.63. The molecule has 0 saturated carbocycles. The first-order chi connectivity index (χ1) is 8.49. The molecule has 1 N–H and O–H groups in total. The number of rotatable bonds is 4. The molecular formula is C13H15ClFNO2. The zero-order valence-corrected chi connectivity index (χ0v) is 10.8. The Morgan fingerprint density at radius 2 is 2.28 bits per heavy atom. The Morgan fingerprint density at radius 3 is 2.89 bits per heavy atom. The molecule has 1 fully saturated rings. The van der Waals surface area contributed by atoms with Crippen LogP contribution < -0.4 is 0 Å². The maximum absolute atomic E-state index is 13.7. The molecule has 1 saturated heterocycles. The van der Waals surface area contributed by atoms with E-state index in [1.165, 1.54) is 6.07 Å². The van der Waals surface area contributed by atoms with Gasteiger partial charge in [0.2, 0.25) is 0 Å². The first-order valence-corrected chi connectivity index (χ1v) is 6.25. The molecule has 1 aromatic rings. The minimum absolute atomic E-state index is 0.128. The third-order valence-electron chi connectivity index (χ3n) is 3.51. The van der Waals surface area contributed by atoms with Crippen LogP contribution in [0.3, 0.4) is 0 Å². The van der Waals surface area contributed by atoms with Gasteiger partial charge < -0.3 is 5.11 Å². The summed E-state index contributed by atoms with van der Waals surface area (Å²) >= 11 is 5.71. The van der Waals surface area contributed by atoms with Crippen molar-refractivity contribution in [1.29, 1.82) is 0 Å². The summed E-state index contributed by atoms with van der Waals surface area (Å²) in [5.74, 6) is -1.34. The summed E-state index contributed by atoms with van der Waals surface area (Å²) in [7, 11) is 0. The largest absolute Gasteiger partial charge is 0.481 e. The summed E-state index contributed by atoms with van der Waals surface area (Å²) in [5, 5.41) is 9.01. The van der Waals surface area contributed by atoms with Gasteiger partial charge in [0.05, 0.1) is 10.9 Å². The highest BCUT2D eigenvalue weighted by atomic mass is 35.5. The van der Waals surface area contributed by atoms with Gasteiger partial charge in [0.25, 0.3) is 0 Å². The van der Waals surface area contributed by atoms with Gasteiger partial charge in [-0.05, 0) is 12.0 Å². The van der Waals surface area contributed by atoms with Crippen molar-refractivity contribution in [3.8, 4) is 0 Å². The maximum Gasteiger partial charge on any atom is 0.306 e. The second kappa shape index (κ2) is 5.24. The maximum atomic E-state index is 13.7. The molecule has 1 heterocycles. The minimum atomic E-state index is -0.770. The van der Waals surface area contributed by atoms with Gasteiger partial charge in [-0.25, -0.2) is 4.39 Å². The Labute approximate surface area is 110 Å². The number of nitrogens with zero attached hydrogens (tertiary/aromatic N) is 1. The summed E-state index contributed by atoms with van der Waals surface area (Å²) in [6.07, 6.45) is 0. The molecule has 0 radical (unpaired) electrons. The van der Waals surface area contributed by atoms with Crippen LogP contribution in [0.2, 0.25) is 5.02 Å². The fourth-order valence-electron chi connectivity index (χ4n) is 2.17. The fraction of sp³-hybridized carbons (Fsp3) is 0.462. The van der Waals surface area contributed by atoms with E-state index < -0.39 is 5.97 Å². The lowest BCUT2D eigenvalue weighted by Crippen LogP contribution is -2.50. The second-order valence-corrected chi connectivity index (χ2v) is 5.20. The van der Waals surface area contributed by atoms with Gasteiger partial charge in [-0.3, -0.25) is 9.69 Å². The van der Waals surface area contributed by atoms with E-state index in [4.69, 9.17) is 16.7 Å². The number of carbonyl (C=O) groups is 1. The lowest BCUT2D eigenvalue weighted by Gasteiger charge is -2.41. The highest BCUT2D eigenvalue weighted by Gasteiger charge is 2.34. The van der Waals surface area contributed by atoms with Crippen molar-refractivity contribution in [2.45, 2.75) is 13.5 Å². The van der Waals surface area contributed by atoms with Crippen LogP contribution in [0.4, 0.5) is 4.39 Å². The average Bonchev–Trinajstić information content (AvgIpc) is 2.27. The van der Waals surface area contributed by atoms with Crippen LogP contribution >= 0.6 is 11.6 Å². The van der Waals surface area contributed by atoms with Crippen molar-refractivity contribution in [2.24, 2.45) is 11.8 Å². The standard InChI is InChI=1S/C13H15ClFNO2/c1-8(13(17)18)10-6-16(7-10)5-9-3-2-4-11(14)12(9)15/h2-4,8,10H,5-7H2,1H3,(H,17,18). The minimum Gasteiger partial charge on any atom is -0.481 e. The topological polar surface area (TPSA) is 40.5 Å². The zero-order valence-electron chi connectivity index (χ0n) is 10.1. The summed E-state index contributed by atoms with van der Waals surface area (Å²) in [6.45, 7) is 3.58. The van der Waals surface area contributed by atoms with E-state index in [0.717, 1.165) is 0 Å². The Kier molecular flexibility index (Phi) is 3.88. The van der Waals surface area contributed by atoms with Gasteiger partial charge in [0.15, 0.2) is 0 Å². The summed E-state index contributed by atoms with van der Waals surface area (Å²) in [4.78, 5) is 12.8. The fourth-order valence-corrected chi connectivity index (χ4v) is 2.36. The highest BCUT2D eigenvalue weighted by molar-refractivity contribution is 6.30. The number of hydrogen-bond donors (Lipinski definition) is 1. The van der Waals surface area contributed by atoms with Crippen molar-refractivity contribution in [2.75, 3.05) is 13.1 Å². The number of carboxylic acids is 1. The summed E-state index contributed by atoms with van der Waals surface area (Å²) in [6, 6.07) is 4.94. The van der Waals surface area contributed by atoms with E-state index in [2.05, 4.69) is 0 Å². The van der Waals surface area contributed by atoms with Crippen LogP contribution in [0.5, 0.6) is 0 Å². The van der Waals surface area contributed by atoms with Crippen LogP contribution in [0, 0.1) is 17.7 Å². The van der Waals surface area contributed by atoms with E-state index in [1.54, 1.807) is 19.1 Å². The van der Waals surface area contributed by atoms with Gasteiger partial charge in [0, 0.05) is 25.2 Å². The van der Waals surface area contributed by atoms with Crippen LogP contribution in [0.1, 0.15) is 12.5 Å². The molecule has 1 aromatic carbocycles. The number of halogens is 2. The predicted molar refractivity (Wildman–Crippen MR) is 67.0 cm³/mol. The molecule has 1 aliphatic heterocycles. The molecule has 0 amide bonds. The molecule has 1 aliphatic rings. The Hall–Kier alpha value is -1.13. The quantitative estimate of drug-likeness (QED) is 0.915. The first-order valence-electron chi connectivity index (χ1n) is 5.87. The summed E-state index contributed by atoms with van der Waals surface area (Å²) in [5.41, 5.74) is 0.559. The smallest absolute Gasteiger partial charge is 0.306 e. The molecule has 18 heavy (non-hydrogen) atoms. The van der Waals surface area contributed by atoms with Gasteiger partial charge >= 0.3 is 5.97 Å². The van der Waals surface area contributed by atoms with E-state index in [-0.39, 0.29) is 22.7 Å². The van der Waals surface area contributed by atoms with Crippen molar-refractivity contribution in [3.05, 3.63) is 34.6 Å². The van der Waals surface area contributed by atoms with E-state index in [0.29, 0.717) is 25.2 Å². The molecular weight excluding hydrogens is 257 g/mol. The van der Waals surface area contributed by atoms with Crippen LogP contribution in [-0.4, -0.2) is 29.1 Å². The zero-order chi connectivity index (χ0) is 13.3. The molecule has 0 spiro atoms. The van der Waals surface area contributed by atoms with Crippen molar-refractivity contribution >= 4 is 17.6 Å². The average molecular weight is 272 g/mol. The van der Waals surface area contributed by atoms with Crippen molar-refractivity contribution in [3.63, 3.8) is 0 Å². The van der Waals surface area contributed by atoms with Crippen molar-refractivity contribution < 1.29 is 14.3 Å². The third-order valence-corrected chi connectivity index (χ3v) is 3.80. The number of likely N-dealkylation sites (tertiary alicyclic amines) is 1. The first kappa shape index (κ1) is 13.3. The molecule has 1 atom stereocenters. The molecule has 0 aliphatic carbocycles. The van der Waals surface area contributed by atoms with E-state index >= 15 is 0 Å². The SMILES string of the molecule is CC(C(=O)O)C1CN(Cc2cccc(Cl)c2F)C1. The lowest BCUT2D eigenvalue weighted by atomic mass is 9.87. The van der Waals surface area contributed by atoms with Gasteiger partial charge in [0.1, 0.15) is 5.82 Å². The molecule has 0 bridgehead atoms. The molecule has 0 aromatic heterocycles. The van der Waals surface area contributed by atoms with Crippen molar-refractivity contribution in [1.82, 2.24) is 4.90 Å². The Balaban J connectivity index is 1.91. The van der Waals surface area contributed by atoms with Gasteiger partial charge in [-0.15, -0.1) is 0 Å². The Morgan fingerprint density at radius 1 is 1.61 bits per heavy atom. The molecule has 1 unspecified atom stereocenters. The Bertz CT molecular complexity index is 460. The molecule has 98 valence electrons. The van der Waals surface area contributed by atoms with E-state index in [1.807, 2.05) is 4.90 Å². The third kappa shape index (κ3) is 2.65. The van der Waals surface area contributed by atoms with Crippen LogP contribution in [0.15, 0.2) is 18.2 Å². The summed E-state index contributed by atoms with van der Waals surface area (Å²) < 4.78 is 13.7. The molecule has 5 heteroatoms. The molecule has 3 nitrogen and oxygen atoms in total. The number of benzene rings is 1. The monoisotopic (exact) mass is 271 g/mol. The number of carboxylic acid groups (broad SMARTS) is 1. The van der Waals surface area contributed by atoms with Gasteiger partial charge in [-0.1, -0.05) is 30.7 Å². The number of hydrogen-bond acceptors (Lipinski definition) is 2. The number of aliphatic carboxylic acids is 1. The van der Waals surface area contributed by atoms with Crippen LogP contribution in [-0.2, 0) is 11.3 Å². The molecule has 2 rings (SSSR count). The highest BCUT2D eigenvalue weighted by Crippen LogP contribution is 2.27.